The molecule has 0 saturated carbocycles. The van der Waals surface area contributed by atoms with Crippen LogP contribution in [0, 0.1) is 5.41 Å². The number of nitrogens with one attached hydrogen (secondary N) is 1. The van der Waals surface area contributed by atoms with Crippen molar-refractivity contribution < 1.29 is 19.1 Å². The Hall–Kier alpha value is -3.02. The number of nitrogens with zero attached hydrogens (tertiary/aromatic N) is 1. The van der Waals surface area contributed by atoms with E-state index in [1.54, 1.807) is 18.1 Å². The first-order valence-corrected chi connectivity index (χ1v) is 9.85. The Kier molecular flexibility index (Phi) is 6.11. The average molecular weight is 396 g/mol. The predicted octanol–water partition coefficient (Wildman–Crippen LogP) is 4.04. The van der Waals surface area contributed by atoms with E-state index in [0.29, 0.717) is 30.3 Å². The molecule has 2 amide bonds. The number of carbonyl (C=O) groups is 2. The summed E-state index contributed by atoms with van der Waals surface area (Å²) in [5.41, 5.74) is 1.63. The largest absolute Gasteiger partial charge is 0.497 e. The van der Waals surface area contributed by atoms with Crippen molar-refractivity contribution in [2.24, 2.45) is 5.41 Å². The van der Waals surface area contributed by atoms with Crippen molar-refractivity contribution in [3.63, 3.8) is 0 Å². The van der Waals surface area contributed by atoms with Crippen LogP contribution in [0.5, 0.6) is 11.5 Å². The predicted molar refractivity (Wildman–Crippen MR) is 114 cm³/mol. The second-order valence-corrected chi connectivity index (χ2v) is 7.88. The minimum atomic E-state index is -0.605. The van der Waals surface area contributed by atoms with E-state index in [1.165, 1.54) is 0 Å². The number of methoxy groups -OCH3 is 1. The summed E-state index contributed by atoms with van der Waals surface area (Å²) in [4.78, 5) is 27.3. The minimum absolute atomic E-state index is 0.0276. The molecule has 0 fully saturated rings. The Morgan fingerprint density at radius 1 is 1.21 bits per heavy atom. The van der Waals surface area contributed by atoms with Crippen molar-refractivity contribution in [3.8, 4) is 11.5 Å². The van der Waals surface area contributed by atoms with E-state index in [0.717, 1.165) is 17.7 Å². The zero-order valence-electron chi connectivity index (χ0n) is 17.5. The highest BCUT2D eigenvalue weighted by Gasteiger charge is 2.37. The molecule has 6 nitrogen and oxygen atoms in total. The molecule has 0 spiro atoms. The molecule has 1 heterocycles. The third-order valence-electron chi connectivity index (χ3n) is 4.92. The van der Waals surface area contributed by atoms with Gasteiger partial charge < -0.3 is 19.7 Å². The van der Waals surface area contributed by atoms with Gasteiger partial charge in [0.2, 0.25) is 11.8 Å². The van der Waals surface area contributed by atoms with E-state index in [-0.39, 0.29) is 18.2 Å². The summed E-state index contributed by atoms with van der Waals surface area (Å²) in [5.74, 6) is 1.31. The number of amides is 2. The molecule has 6 heteroatoms. The quantitative estimate of drug-likeness (QED) is 0.800. The third-order valence-corrected chi connectivity index (χ3v) is 4.92. The lowest BCUT2D eigenvalue weighted by molar-refractivity contribution is -0.127. The third kappa shape index (κ3) is 4.70. The van der Waals surface area contributed by atoms with Crippen LogP contribution in [-0.2, 0) is 16.0 Å². The number of anilines is 2. The molecule has 1 N–H and O–H groups in total. The van der Waals surface area contributed by atoms with Gasteiger partial charge in [-0.1, -0.05) is 19.1 Å². The molecule has 3 rings (SSSR count). The number of hydrogen-bond acceptors (Lipinski definition) is 4. The smallest absolute Gasteiger partial charge is 0.236 e. The zero-order valence-corrected chi connectivity index (χ0v) is 17.5. The molecule has 0 unspecified atom stereocenters. The highest BCUT2D eigenvalue weighted by molar-refractivity contribution is 6.00. The summed E-state index contributed by atoms with van der Waals surface area (Å²) in [6.45, 7) is 6.74. The molecule has 0 bridgehead atoms. The van der Waals surface area contributed by atoms with Crippen molar-refractivity contribution in [1.82, 2.24) is 0 Å². The zero-order chi connectivity index (χ0) is 21.0. The molecule has 0 radical (unpaired) electrons. The number of benzene rings is 2. The van der Waals surface area contributed by atoms with Crippen molar-refractivity contribution in [2.75, 3.05) is 30.5 Å². The van der Waals surface area contributed by atoms with Crippen LogP contribution in [0.3, 0.4) is 0 Å². The molecule has 0 aromatic heterocycles. The molecular weight excluding hydrogens is 368 g/mol. The highest BCUT2D eigenvalue weighted by Crippen LogP contribution is 2.38. The van der Waals surface area contributed by atoms with Gasteiger partial charge in [0.15, 0.2) is 0 Å². The van der Waals surface area contributed by atoms with Gasteiger partial charge in [0, 0.05) is 12.2 Å². The Morgan fingerprint density at radius 2 is 1.93 bits per heavy atom. The maximum absolute atomic E-state index is 13.0. The molecule has 0 atom stereocenters. The summed E-state index contributed by atoms with van der Waals surface area (Å²) >= 11 is 0. The summed E-state index contributed by atoms with van der Waals surface area (Å²) in [6, 6.07) is 12.8. The van der Waals surface area contributed by atoms with Crippen molar-refractivity contribution in [3.05, 3.63) is 48.0 Å². The maximum Gasteiger partial charge on any atom is 0.236 e. The fourth-order valence-corrected chi connectivity index (χ4v) is 3.30. The Balaban J connectivity index is 1.79. The lowest BCUT2D eigenvalue weighted by atomic mass is 9.93. The number of carbonyl (C=O) groups excluding carboxylic acids is 2. The second kappa shape index (κ2) is 8.55. The van der Waals surface area contributed by atoms with Gasteiger partial charge in [0.1, 0.15) is 18.1 Å². The fraction of sp³-hybridized carbons (Fsp3) is 0.391. The monoisotopic (exact) mass is 396 g/mol. The first kappa shape index (κ1) is 20.7. The number of hydrogen-bond donors (Lipinski definition) is 1. The van der Waals surface area contributed by atoms with Crippen LogP contribution in [0.25, 0.3) is 0 Å². The first-order chi connectivity index (χ1) is 13.8. The van der Waals surface area contributed by atoms with E-state index in [1.807, 2.05) is 57.2 Å². The van der Waals surface area contributed by atoms with Crippen LogP contribution in [0.2, 0.25) is 0 Å². The van der Waals surface area contributed by atoms with E-state index >= 15 is 0 Å². The van der Waals surface area contributed by atoms with Gasteiger partial charge in [0.05, 0.1) is 24.6 Å². The van der Waals surface area contributed by atoms with Crippen LogP contribution in [0.15, 0.2) is 42.5 Å². The fourth-order valence-electron chi connectivity index (χ4n) is 3.30. The van der Waals surface area contributed by atoms with E-state index in [2.05, 4.69) is 5.32 Å². The Labute approximate surface area is 171 Å². The normalized spacial score (nSPS) is 15.2. The number of ether oxygens (including phenoxy) is 2. The Bertz CT molecular complexity index is 890. The van der Waals surface area contributed by atoms with Gasteiger partial charge in [-0.15, -0.1) is 0 Å². The van der Waals surface area contributed by atoms with E-state index in [9.17, 15) is 9.59 Å². The van der Waals surface area contributed by atoms with Crippen molar-refractivity contribution in [1.29, 1.82) is 0 Å². The SMILES string of the molecule is CCCN1C(=O)C(C)(C)COc2ccc(NC(=O)Cc3ccc(OC)cc3)cc21. The summed E-state index contributed by atoms with van der Waals surface area (Å²) in [7, 11) is 1.61. The lowest BCUT2D eigenvalue weighted by Crippen LogP contribution is -2.42. The molecule has 1 aliphatic heterocycles. The first-order valence-electron chi connectivity index (χ1n) is 9.85. The van der Waals surface area contributed by atoms with E-state index in [4.69, 9.17) is 9.47 Å². The highest BCUT2D eigenvalue weighted by atomic mass is 16.5. The van der Waals surface area contributed by atoms with Gasteiger partial charge in [-0.2, -0.15) is 0 Å². The summed E-state index contributed by atoms with van der Waals surface area (Å²) < 4.78 is 11.0. The average Bonchev–Trinajstić information content (AvgIpc) is 2.79. The molecule has 2 aromatic rings. The minimum Gasteiger partial charge on any atom is -0.497 e. The van der Waals surface area contributed by atoms with E-state index < -0.39 is 5.41 Å². The molecule has 2 aromatic carbocycles. The van der Waals surface area contributed by atoms with Crippen LogP contribution in [0.4, 0.5) is 11.4 Å². The molecule has 29 heavy (non-hydrogen) atoms. The topological polar surface area (TPSA) is 67.9 Å². The van der Waals surface area contributed by atoms with Crippen LogP contribution >= 0.6 is 0 Å². The number of rotatable bonds is 6. The molecule has 154 valence electrons. The van der Waals surface area contributed by atoms with Gasteiger partial charge in [0.25, 0.3) is 0 Å². The summed E-state index contributed by atoms with van der Waals surface area (Å²) in [5, 5.41) is 2.92. The standard InChI is InChI=1S/C23H28N2O4/c1-5-12-25-19-14-17(8-11-20(19)29-15-23(2,3)22(25)27)24-21(26)13-16-6-9-18(28-4)10-7-16/h6-11,14H,5,12-13,15H2,1-4H3,(H,24,26). The van der Waals surface area contributed by atoms with Gasteiger partial charge in [-0.3, -0.25) is 9.59 Å². The molecule has 0 aliphatic carbocycles. The summed E-state index contributed by atoms with van der Waals surface area (Å²) in [6.07, 6.45) is 1.08. The van der Waals surface area contributed by atoms with Crippen LogP contribution < -0.4 is 19.7 Å². The second-order valence-electron chi connectivity index (χ2n) is 7.88. The lowest BCUT2D eigenvalue weighted by Gasteiger charge is -2.27. The molecule has 1 aliphatic rings. The van der Waals surface area contributed by atoms with Crippen molar-refractivity contribution >= 4 is 23.2 Å². The molecular formula is C23H28N2O4. The van der Waals surface area contributed by atoms with Crippen LogP contribution in [-0.4, -0.2) is 32.1 Å². The van der Waals surface area contributed by atoms with Gasteiger partial charge >= 0.3 is 0 Å². The number of fused-ring (bicyclic) bond motifs is 1. The van der Waals surface area contributed by atoms with Crippen LogP contribution in [0.1, 0.15) is 32.8 Å². The Morgan fingerprint density at radius 3 is 2.59 bits per heavy atom. The molecule has 0 saturated heterocycles. The maximum atomic E-state index is 13.0. The van der Waals surface area contributed by atoms with Gasteiger partial charge in [-0.05, 0) is 56.2 Å². The van der Waals surface area contributed by atoms with Crippen molar-refractivity contribution in [2.45, 2.75) is 33.6 Å². The van der Waals surface area contributed by atoms with Gasteiger partial charge in [-0.25, -0.2) is 0 Å².